The fourth-order valence-corrected chi connectivity index (χ4v) is 1.70. The van der Waals surface area contributed by atoms with Crippen molar-refractivity contribution >= 4 is 0 Å². The van der Waals surface area contributed by atoms with Gasteiger partial charge in [0.05, 0.1) is 19.9 Å². The molecule has 90 valence electrons. The van der Waals surface area contributed by atoms with E-state index >= 15 is 0 Å². The normalized spacial score (nSPS) is 12.4. The highest BCUT2D eigenvalue weighted by Crippen LogP contribution is 2.19. The summed E-state index contributed by atoms with van der Waals surface area (Å²) >= 11 is 0. The monoisotopic (exact) mass is 231 g/mol. The number of methoxy groups -OCH3 is 1. The van der Waals surface area contributed by atoms with Crippen molar-refractivity contribution < 1.29 is 9.15 Å². The Morgan fingerprint density at radius 1 is 1.29 bits per heavy atom. The van der Waals surface area contributed by atoms with Crippen LogP contribution in [0.25, 0.3) is 0 Å². The number of ether oxygens (including phenoxy) is 1. The standard InChI is InChI=1S/C14H17NO2/c1-11(15-10-14-7-4-8-17-14)12-5-3-6-13(9-12)16-2/h3-9,11,15H,10H2,1-2H3. The van der Waals surface area contributed by atoms with Crippen molar-refractivity contribution in [3.05, 3.63) is 54.0 Å². The van der Waals surface area contributed by atoms with Gasteiger partial charge in [0.25, 0.3) is 0 Å². The largest absolute Gasteiger partial charge is 0.497 e. The fourth-order valence-electron chi connectivity index (χ4n) is 1.70. The molecule has 1 heterocycles. The third-order valence-electron chi connectivity index (χ3n) is 2.76. The predicted molar refractivity (Wildman–Crippen MR) is 67.0 cm³/mol. The summed E-state index contributed by atoms with van der Waals surface area (Å²) in [7, 11) is 1.68. The van der Waals surface area contributed by atoms with Crippen LogP contribution < -0.4 is 10.1 Å². The van der Waals surface area contributed by atoms with Gasteiger partial charge in [0.15, 0.2) is 0 Å². The Hall–Kier alpha value is -1.74. The molecule has 0 aliphatic rings. The number of nitrogens with one attached hydrogen (secondary N) is 1. The molecule has 1 aromatic carbocycles. The second kappa shape index (κ2) is 5.55. The Balaban J connectivity index is 1.96. The molecule has 3 heteroatoms. The predicted octanol–water partition coefficient (Wildman–Crippen LogP) is 3.14. The lowest BCUT2D eigenvalue weighted by Gasteiger charge is -2.14. The topological polar surface area (TPSA) is 34.4 Å². The minimum atomic E-state index is 0.259. The average Bonchev–Trinajstić information content (AvgIpc) is 2.89. The Bertz CT molecular complexity index is 451. The van der Waals surface area contributed by atoms with E-state index in [1.165, 1.54) is 5.56 Å². The van der Waals surface area contributed by atoms with Gasteiger partial charge >= 0.3 is 0 Å². The van der Waals surface area contributed by atoms with Crippen molar-refractivity contribution in [2.24, 2.45) is 0 Å². The first kappa shape index (κ1) is 11.7. The lowest BCUT2D eigenvalue weighted by atomic mass is 10.1. The smallest absolute Gasteiger partial charge is 0.119 e. The SMILES string of the molecule is COc1cccc(C(C)NCc2ccco2)c1. The summed E-state index contributed by atoms with van der Waals surface area (Å²) in [6.45, 7) is 2.85. The summed E-state index contributed by atoms with van der Waals surface area (Å²) in [6, 6.07) is 12.2. The van der Waals surface area contributed by atoms with Crippen molar-refractivity contribution in [1.82, 2.24) is 5.32 Å². The highest BCUT2D eigenvalue weighted by molar-refractivity contribution is 5.30. The zero-order valence-corrected chi connectivity index (χ0v) is 10.1. The third-order valence-corrected chi connectivity index (χ3v) is 2.76. The number of benzene rings is 1. The zero-order chi connectivity index (χ0) is 12.1. The molecule has 0 saturated carbocycles. The molecule has 1 aromatic heterocycles. The summed E-state index contributed by atoms with van der Waals surface area (Å²) in [5, 5.41) is 3.40. The van der Waals surface area contributed by atoms with E-state index in [9.17, 15) is 0 Å². The minimum Gasteiger partial charge on any atom is -0.497 e. The van der Waals surface area contributed by atoms with Crippen LogP contribution in [0.3, 0.4) is 0 Å². The number of hydrogen-bond donors (Lipinski definition) is 1. The molecule has 0 fully saturated rings. The van der Waals surface area contributed by atoms with Crippen molar-refractivity contribution in [3.8, 4) is 5.75 Å². The van der Waals surface area contributed by atoms with Crippen molar-refractivity contribution in [3.63, 3.8) is 0 Å². The van der Waals surface area contributed by atoms with E-state index in [2.05, 4.69) is 18.3 Å². The van der Waals surface area contributed by atoms with E-state index < -0.39 is 0 Å². The van der Waals surface area contributed by atoms with Crippen LogP contribution in [0.1, 0.15) is 24.3 Å². The maximum Gasteiger partial charge on any atom is 0.119 e. The molecule has 3 nitrogen and oxygen atoms in total. The molecular weight excluding hydrogens is 214 g/mol. The van der Waals surface area contributed by atoms with Crippen LogP contribution in [0.5, 0.6) is 5.75 Å². The van der Waals surface area contributed by atoms with E-state index in [-0.39, 0.29) is 6.04 Å². The number of furan rings is 1. The molecule has 0 spiro atoms. The summed E-state index contributed by atoms with van der Waals surface area (Å²) < 4.78 is 10.5. The molecule has 1 atom stereocenters. The van der Waals surface area contributed by atoms with E-state index in [0.717, 1.165) is 18.1 Å². The summed E-state index contributed by atoms with van der Waals surface area (Å²) in [6.07, 6.45) is 1.69. The molecule has 0 bridgehead atoms. The van der Waals surface area contributed by atoms with Gasteiger partial charge in [-0.05, 0) is 36.8 Å². The van der Waals surface area contributed by atoms with Crippen LogP contribution in [0, 0.1) is 0 Å². The molecule has 0 radical (unpaired) electrons. The van der Waals surface area contributed by atoms with Crippen LogP contribution in [0.4, 0.5) is 0 Å². The molecule has 2 aromatic rings. The second-order valence-corrected chi connectivity index (χ2v) is 3.96. The quantitative estimate of drug-likeness (QED) is 0.858. The number of hydrogen-bond acceptors (Lipinski definition) is 3. The summed E-state index contributed by atoms with van der Waals surface area (Å²) in [4.78, 5) is 0. The molecule has 17 heavy (non-hydrogen) atoms. The van der Waals surface area contributed by atoms with Crippen LogP contribution in [-0.2, 0) is 6.54 Å². The van der Waals surface area contributed by atoms with Gasteiger partial charge in [-0.2, -0.15) is 0 Å². The lowest BCUT2D eigenvalue weighted by molar-refractivity contribution is 0.412. The molecule has 1 unspecified atom stereocenters. The van der Waals surface area contributed by atoms with E-state index in [1.807, 2.05) is 30.3 Å². The summed E-state index contributed by atoms with van der Waals surface area (Å²) in [5.74, 6) is 1.83. The van der Waals surface area contributed by atoms with Gasteiger partial charge in [-0.3, -0.25) is 0 Å². The highest BCUT2D eigenvalue weighted by atomic mass is 16.5. The fraction of sp³-hybridized carbons (Fsp3) is 0.286. The van der Waals surface area contributed by atoms with Gasteiger partial charge in [0, 0.05) is 6.04 Å². The Kier molecular flexibility index (Phi) is 3.83. The lowest BCUT2D eigenvalue weighted by Crippen LogP contribution is -2.17. The molecule has 2 rings (SSSR count). The highest BCUT2D eigenvalue weighted by Gasteiger charge is 2.06. The van der Waals surface area contributed by atoms with Crippen LogP contribution in [0.15, 0.2) is 47.1 Å². The van der Waals surface area contributed by atoms with Crippen LogP contribution in [0.2, 0.25) is 0 Å². The van der Waals surface area contributed by atoms with Crippen molar-refractivity contribution in [2.75, 3.05) is 7.11 Å². The Morgan fingerprint density at radius 3 is 2.88 bits per heavy atom. The molecule has 0 aliphatic carbocycles. The van der Waals surface area contributed by atoms with Crippen LogP contribution in [-0.4, -0.2) is 7.11 Å². The minimum absolute atomic E-state index is 0.259. The van der Waals surface area contributed by atoms with E-state index in [4.69, 9.17) is 9.15 Å². The molecule has 0 saturated heterocycles. The Labute approximate surface area is 101 Å². The average molecular weight is 231 g/mol. The third kappa shape index (κ3) is 3.11. The first-order valence-corrected chi connectivity index (χ1v) is 5.69. The number of rotatable bonds is 5. The van der Waals surface area contributed by atoms with Gasteiger partial charge < -0.3 is 14.5 Å². The van der Waals surface area contributed by atoms with Gasteiger partial charge in [0.1, 0.15) is 11.5 Å². The van der Waals surface area contributed by atoms with Crippen molar-refractivity contribution in [2.45, 2.75) is 19.5 Å². The van der Waals surface area contributed by atoms with Gasteiger partial charge in [-0.1, -0.05) is 12.1 Å². The molecular formula is C14H17NO2. The molecule has 1 N–H and O–H groups in total. The Morgan fingerprint density at radius 2 is 2.18 bits per heavy atom. The maximum atomic E-state index is 5.28. The zero-order valence-electron chi connectivity index (χ0n) is 10.1. The van der Waals surface area contributed by atoms with Gasteiger partial charge in [-0.25, -0.2) is 0 Å². The van der Waals surface area contributed by atoms with Gasteiger partial charge in [0.2, 0.25) is 0 Å². The molecule has 0 amide bonds. The summed E-state index contributed by atoms with van der Waals surface area (Å²) in [5.41, 5.74) is 1.20. The van der Waals surface area contributed by atoms with E-state index in [1.54, 1.807) is 13.4 Å². The molecule has 0 aliphatic heterocycles. The van der Waals surface area contributed by atoms with Crippen LogP contribution >= 0.6 is 0 Å². The van der Waals surface area contributed by atoms with Crippen molar-refractivity contribution in [1.29, 1.82) is 0 Å². The maximum absolute atomic E-state index is 5.28. The van der Waals surface area contributed by atoms with Gasteiger partial charge in [-0.15, -0.1) is 0 Å². The second-order valence-electron chi connectivity index (χ2n) is 3.96. The first-order chi connectivity index (χ1) is 8.29. The van der Waals surface area contributed by atoms with E-state index in [0.29, 0.717) is 0 Å². The first-order valence-electron chi connectivity index (χ1n) is 5.69.